The molecule has 2 atom stereocenters. The Bertz CT molecular complexity index is 1420. The molecular formula is C30H22Cl2N2O2. The fourth-order valence-electron chi connectivity index (χ4n) is 6.46. The second-order valence-electron chi connectivity index (χ2n) is 9.18. The van der Waals surface area contributed by atoms with Crippen LogP contribution in [0, 0.1) is 0 Å². The van der Waals surface area contributed by atoms with Crippen LogP contribution in [0.1, 0.15) is 36.1 Å². The first-order valence-corrected chi connectivity index (χ1v) is 12.4. The quantitative estimate of drug-likeness (QED) is 0.292. The molecule has 4 aromatic rings. The molecule has 36 heavy (non-hydrogen) atoms. The summed E-state index contributed by atoms with van der Waals surface area (Å²) >= 11 is 13.2. The lowest BCUT2D eigenvalue weighted by Crippen LogP contribution is -2.62. The van der Waals surface area contributed by atoms with Crippen LogP contribution in [-0.4, -0.2) is 11.8 Å². The Balaban J connectivity index is 1.94. The van der Waals surface area contributed by atoms with E-state index >= 15 is 0 Å². The van der Waals surface area contributed by atoms with Gasteiger partial charge >= 0.3 is 0 Å². The average Bonchev–Trinajstić information content (AvgIpc) is 3.29. The minimum absolute atomic E-state index is 0.156. The zero-order valence-corrected chi connectivity index (χ0v) is 21.2. The average molecular weight is 513 g/mol. The molecule has 0 radical (unpaired) electrons. The number of carbonyl (C=O) groups excluding carboxylic acids is 2. The van der Waals surface area contributed by atoms with Gasteiger partial charge in [0, 0.05) is 35.0 Å². The van der Waals surface area contributed by atoms with Crippen molar-refractivity contribution in [2.24, 2.45) is 0 Å². The summed E-state index contributed by atoms with van der Waals surface area (Å²) in [7, 11) is 0. The van der Waals surface area contributed by atoms with Crippen molar-refractivity contribution in [2.45, 2.75) is 24.9 Å². The summed E-state index contributed by atoms with van der Waals surface area (Å²) in [4.78, 5) is 31.1. The predicted octanol–water partition coefficient (Wildman–Crippen LogP) is 6.91. The summed E-state index contributed by atoms with van der Waals surface area (Å²) in [6.45, 7) is 3.12. The van der Waals surface area contributed by atoms with Crippen LogP contribution in [0.4, 0.5) is 11.4 Å². The van der Waals surface area contributed by atoms with E-state index in [-0.39, 0.29) is 11.8 Å². The molecule has 2 aliphatic rings. The van der Waals surface area contributed by atoms with Crippen molar-refractivity contribution in [3.8, 4) is 0 Å². The van der Waals surface area contributed by atoms with E-state index < -0.39 is 11.1 Å². The Morgan fingerprint density at radius 3 is 1.28 bits per heavy atom. The molecule has 0 saturated carbocycles. The third-order valence-electron chi connectivity index (χ3n) is 7.39. The normalized spacial score (nSPS) is 21.7. The summed E-state index contributed by atoms with van der Waals surface area (Å²) < 4.78 is 0. The van der Waals surface area contributed by atoms with Gasteiger partial charge in [0.2, 0.25) is 11.8 Å². The van der Waals surface area contributed by atoms with Crippen LogP contribution in [0.5, 0.6) is 0 Å². The van der Waals surface area contributed by atoms with Crippen molar-refractivity contribution >= 4 is 46.4 Å². The van der Waals surface area contributed by atoms with Crippen LogP contribution in [0.2, 0.25) is 10.0 Å². The van der Waals surface area contributed by atoms with Gasteiger partial charge in [0.1, 0.15) is 11.1 Å². The van der Waals surface area contributed by atoms with E-state index in [2.05, 4.69) is 0 Å². The Morgan fingerprint density at radius 2 is 0.944 bits per heavy atom. The van der Waals surface area contributed by atoms with E-state index in [4.69, 9.17) is 23.2 Å². The highest BCUT2D eigenvalue weighted by molar-refractivity contribution is 6.31. The molecule has 0 spiro atoms. The number of anilines is 2. The molecule has 2 heterocycles. The maximum atomic E-state index is 13.7. The van der Waals surface area contributed by atoms with Gasteiger partial charge in [0.05, 0.1) is 11.4 Å². The van der Waals surface area contributed by atoms with Crippen molar-refractivity contribution in [1.29, 1.82) is 0 Å². The molecule has 178 valence electrons. The van der Waals surface area contributed by atoms with Crippen molar-refractivity contribution in [2.75, 3.05) is 9.80 Å². The highest BCUT2D eigenvalue weighted by atomic mass is 35.5. The van der Waals surface area contributed by atoms with Crippen molar-refractivity contribution in [3.05, 3.63) is 129 Å². The molecule has 6 heteroatoms. The number of hydrogen-bond acceptors (Lipinski definition) is 2. The number of halogens is 2. The number of nitrogens with zero attached hydrogens (tertiary/aromatic N) is 2. The third kappa shape index (κ3) is 2.66. The van der Waals surface area contributed by atoms with Crippen molar-refractivity contribution in [1.82, 2.24) is 0 Å². The first-order valence-electron chi connectivity index (χ1n) is 11.7. The number of carbonyl (C=O) groups is 2. The molecule has 4 nitrogen and oxygen atoms in total. The minimum atomic E-state index is -1.14. The molecule has 2 amide bonds. The van der Waals surface area contributed by atoms with Gasteiger partial charge in [-0.05, 0) is 47.5 Å². The van der Waals surface area contributed by atoms with Crippen molar-refractivity contribution < 1.29 is 9.59 Å². The summed E-state index contributed by atoms with van der Waals surface area (Å²) in [5, 5.41) is 1.04. The van der Waals surface area contributed by atoms with Gasteiger partial charge in [-0.1, -0.05) is 83.9 Å². The molecule has 0 aliphatic carbocycles. The molecule has 2 aliphatic heterocycles. The third-order valence-corrected chi connectivity index (χ3v) is 7.86. The lowest BCUT2D eigenvalue weighted by molar-refractivity contribution is -0.119. The highest BCUT2D eigenvalue weighted by Gasteiger charge is 2.73. The SMILES string of the molecule is CC(=O)N1c2ccc(Cl)cc2[C@]2(c3ccccc3)N(C(C)=O)c3ccc(Cl)cc3[C@@]12c1ccccc1. The summed E-state index contributed by atoms with van der Waals surface area (Å²) in [5.74, 6) is -0.312. The Labute approximate surface area is 219 Å². The Hall–Kier alpha value is -3.60. The van der Waals surface area contributed by atoms with Crippen LogP contribution in [0.15, 0.2) is 97.1 Å². The van der Waals surface area contributed by atoms with E-state index in [0.29, 0.717) is 21.4 Å². The van der Waals surface area contributed by atoms with E-state index in [9.17, 15) is 9.59 Å². The molecule has 0 saturated heterocycles. The topological polar surface area (TPSA) is 40.6 Å². The maximum Gasteiger partial charge on any atom is 0.225 e. The molecule has 0 fully saturated rings. The zero-order chi connectivity index (χ0) is 25.2. The van der Waals surface area contributed by atoms with Gasteiger partial charge in [-0.25, -0.2) is 0 Å². The fraction of sp³-hybridized carbons (Fsp3) is 0.133. The largest absolute Gasteiger partial charge is 0.295 e. The first kappa shape index (κ1) is 22.8. The maximum absolute atomic E-state index is 13.7. The number of benzene rings is 4. The van der Waals surface area contributed by atoms with Gasteiger partial charge in [-0.2, -0.15) is 0 Å². The Kier molecular flexibility index (Phi) is 5.05. The van der Waals surface area contributed by atoms with Gasteiger partial charge in [-0.15, -0.1) is 0 Å². The highest BCUT2D eigenvalue weighted by Crippen LogP contribution is 2.70. The van der Waals surface area contributed by atoms with Crippen LogP contribution < -0.4 is 9.80 Å². The number of hydrogen-bond donors (Lipinski definition) is 0. The first-order chi connectivity index (χ1) is 17.3. The van der Waals surface area contributed by atoms with Crippen molar-refractivity contribution in [3.63, 3.8) is 0 Å². The summed E-state index contributed by atoms with van der Waals surface area (Å²) in [6, 6.07) is 30.8. The van der Waals surface area contributed by atoms with E-state index in [1.807, 2.05) is 94.7 Å². The number of rotatable bonds is 2. The smallest absolute Gasteiger partial charge is 0.225 e. The number of amides is 2. The van der Waals surface area contributed by atoms with E-state index in [1.165, 1.54) is 0 Å². The molecule has 4 aromatic carbocycles. The van der Waals surface area contributed by atoms with Crippen LogP contribution in [-0.2, 0) is 20.7 Å². The van der Waals surface area contributed by atoms with Gasteiger partial charge in [0.25, 0.3) is 0 Å². The van der Waals surface area contributed by atoms with Crippen LogP contribution in [0.25, 0.3) is 0 Å². The van der Waals surface area contributed by atoms with Gasteiger partial charge < -0.3 is 0 Å². The van der Waals surface area contributed by atoms with Gasteiger partial charge in [0.15, 0.2) is 0 Å². The van der Waals surface area contributed by atoms with Gasteiger partial charge in [-0.3, -0.25) is 19.4 Å². The molecule has 0 N–H and O–H groups in total. The lowest BCUT2D eigenvalue weighted by Gasteiger charge is -2.49. The molecule has 0 bridgehead atoms. The molecule has 6 rings (SSSR count). The van der Waals surface area contributed by atoms with E-state index in [1.54, 1.807) is 26.0 Å². The monoisotopic (exact) mass is 512 g/mol. The summed E-state index contributed by atoms with van der Waals surface area (Å²) in [5.41, 5.74) is 2.42. The second-order valence-corrected chi connectivity index (χ2v) is 10.1. The Morgan fingerprint density at radius 1 is 0.583 bits per heavy atom. The molecule has 0 unspecified atom stereocenters. The standard InChI is InChI=1S/C30H22Cl2N2O2/c1-19(35)33-27-15-13-23(31)17-25(27)30(22-11-7-4-8-12-22)29(33,21-9-5-3-6-10-21)26-18-24(32)14-16-28(26)34(30)20(2)36/h3-18H,1-2H3/t29-,30+. The number of fused-ring (bicyclic) bond motifs is 5. The molecule has 0 aromatic heterocycles. The van der Waals surface area contributed by atoms with E-state index in [0.717, 1.165) is 22.3 Å². The summed E-state index contributed by atoms with van der Waals surface area (Å²) in [6.07, 6.45) is 0. The zero-order valence-electron chi connectivity index (χ0n) is 19.7. The fourth-order valence-corrected chi connectivity index (χ4v) is 6.80. The predicted molar refractivity (Wildman–Crippen MR) is 144 cm³/mol. The molecular weight excluding hydrogens is 491 g/mol. The minimum Gasteiger partial charge on any atom is -0.295 e. The van der Waals surface area contributed by atoms with Crippen LogP contribution >= 0.6 is 23.2 Å². The lowest BCUT2D eigenvalue weighted by atomic mass is 9.65. The van der Waals surface area contributed by atoms with Crippen LogP contribution in [0.3, 0.4) is 0 Å². The second kappa shape index (κ2) is 7.95.